The molecule has 8 heteroatoms. The van der Waals surface area contributed by atoms with E-state index in [-0.39, 0.29) is 24.1 Å². The molecule has 5 heterocycles. The lowest BCUT2D eigenvalue weighted by Gasteiger charge is -2.31. The number of nitrogens with zero attached hydrogens (tertiary/aromatic N) is 3. The molecule has 2 atom stereocenters. The number of anilines is 1. The Morgan fingerprint density at radius 1 is 1.03 bits per heavy atom. The highest BCUT2D eigenvalue weighted by atomic mass is 16.2. The van der Waals surface area contributed by atoms with Gasteiger partial charge in [0, 0.05) is 49.8 Å². The molecule has 34 heavy (non-hydrogen) atoms. The standard InChI is InChI=1S/C26H29N5O3/c32-23-8-7-22(25(33)29-23)31-15-19-12-16(3-5-20(19)26(31)34)14-30-11-1-2-17-4-6-21(28-24(17)30)18-9-10-27-13-18/h3-6,12,18,22,27H,1-2,7-11,13-15H2,(H,29,32,33). The molecule has 6 rings (SSSR count). The normalized spacial score (nSPS) is 24.3. The lowest BCUT2D eigenvalue weighted by Crippen LogP contribution is -2.52. The van der Waals surface area contributed by atoms with E-state index in [4.69, 9.17) is 4.98 Å². The van der Waals surface area contributed by atoms with Crippen molar-refractivity contribution in [2.45, 2.75) is 57.2 Å². The summed E-state index contributed by atoms with van der Waals surface area (Å²) in [5, 5.41) is 5.80. The van der Waals surface area contributed by atoms with Crippen molar-refractivity contribution in [3.8, 4) is 0 Å². The average molecular weight is 460 g/mol. The largest absolute Gasteiger partial charge is 0.352 e. The van der Waals surface area contributed by atoms with Gasteiger partial charge in [0.25, 0.3) is 5.91 Å². The van der Waals surface area contributed by atoms with Crippen LogP contribution in [0.4, 0.5) is 5.82 Å². The van der Waals surface area contributed by atoms with Gasteiger partial charge in [-0.05, 0) is 61.1 Å². The van der Waals surface area contributed by atoms with Gasteiger partial charge >= 0.3 is 0 Å². The van der Waals surface area contributed by atoms with Crippen LogP contribution in [-0.2, 0) is 29.1 Å². The zero-order valence-electron chi connectivity index (χ0n) is 19.2. The number of amides is 3. The van der Waals surface area contributed by atoms with Crippen LogP contribution in [0.1, 0.15) is 64.3 Å². The van der Waals surface area contributed by atoms with Crippen LogP contribution in [0.5, 0.6) is 0 Å². The van der Waals surface area contributed by atoms with Gasteiger partial charge in [-0.2, -0.15) is 0 Å². The van der Waals surface area contributed by atoms with E-state index >= 15 is 0 Å². The van der Waals surface area contributed by atoms with Crippen LogP contribution in [0, 0.1) is 0 Å². The minimum Gasteiger partial charge on any atom is -0.352 e. The second-order valence-electron chi connectivity index (χ2n) is 9.83. The highest BCUT2D eigenvalue weighted by Crippen LogP contribution is 2.32. The molecule has 2 aromatic rings. The number of benzene rings is 1. The smallest absolute Gasteiger partial charge is 0.255 e. The van der Waals surface area contributed by atoms with Crippen LogP contribution < -0.4 is 15.5 Å². The number of hydrogen-bond donors (Lipinski definition) is 2. The number of fused-ring (bicyclic) bond motifs is 2. The molecular formula is C26H29N5O3. The fourth-order valence-electron chi connectivity index (χ4n) is 5.76. The molecule has 0 aliphatic carbocycles. The molecule has 2 fully saturated rings. The van der Waals surface area contributed by atoms with Gasteiger partial charge < -0.3 is 15.1 Å². The van der Waals surface area contributed by atoms with Gasteiger partial charge in [0.05, 0.1) is 0 Å². The van der Waals surface area contributed by atoms with E-state index in [0.717, 1.165) is 62.4 Å². The molecule has 8 nitrogen and oxygen atoms in total. The summed E-state index contributed by atoms with van der Waals surface area (Å²) in [7, 11) is 0. The number of aromatic nitrogens is 1. The number of nitrogens with one attached hydrogen (secondary N) is 2. The Morgan fingerprint density at radius 3 is 2.76 bits per heavy atom. The molecule has 0 radical (unpaired) electrons. The van der Waals surface area contributed by atoms with Gasteiger partial charge in [-0.3, -0.25) is 19.7 Å². The van der Waals surface area contributed by atoms with E-state index < -0.39 is 6.04 Å². The number of aryl methyl sites for hydroxylation is 1. The first-order valence-electron chi connectivity index (χ1n) is 12.3. The summed E-state index contributed by atoms with van der Waals surface area (Å²) in [6, 6.07) is 9.87. The second-order valence-corrected chi connectivity index (χ2v) is 9.83. The third-order valence-corrected chi connectivity index (χ3v) is 7.59. The molecule has 2 saturated heterocycles. The number of imide groups is 1. The molecule has 1 aromatic carbocycles. The fourth-order valence-corrected chi connectivity index (χ4v) is 5.76. The van der Waals surface area contributed by atoms with Crippen molar-refractivity contribution in [1.29, 1.82) is 0 Å². The Labute approximate surface area is 198 Å². The SMILES string of the molecule is O=C1CCC(N2Cc3cc(CN4CCCc5ccc(C6CCNC6)nc54)ccc3C2=O)C(=O)N1. The predicted octanol–water partition coefficient (Wildman–Crippen LogP) is 1.87. The van der Waals surface area contributed by atoms with Gasteiger partial charge in [-0.15, -0.1) is 0 Å². The molecule has 0 saturated carbocycles. The predicted molar refractivity (Wildman–Crippen MR) is 126 cm³/mol. The maximum atomic E-state index is 13.0. The molecular weight excluding hydrogens is 430 g/mol. The van der Waals surface area contributed by atoms with E-state index in [1.54, 1.807) is 4.90 Å². The maximum Gasteiger partial charge on any atom is 0.255 e. The maximum absolute atomic E-state index is 13.0. The van der Waals surface area contributed by atoms with Gasteiger partial charge in [0.15, 0.2) is 0 Å². The van der Waals surface area contributed by atoms with Crippen LogP contribution in [0.15, 0.2) is 30.3 Å². The summed E-state index contributed by atoms with van der Waals surface area (Å²) in [5.41, 5.74) is 5.22. The molecule has 2 unspecified atom stereocenters. The van der Waals surface area contributed by atoms with Gasteiger partial charge in [0.2, 0.25) is 11.8 Å². The van der Waals surface area contributed by atoms with Crippen molar-refractivity contribution in [1.82, 2.24) is 20.5 Å². The number of hydrogen-bond acceptors (Lipinski definition) is 6. The quantitative estimate of drug-likeness (QED) is 0.678. The minimum absolute atomic E-state index is 0.129. The second kappa shape index (κ2) is 8.51. The third kappa shape index (κ3) is 3.76. The first-order valence-corrected chi connectivity index (χ1v) is 12.3. The van der Waals surface area contributed by atoms with E-state index in [1.807, 2.05) is 12.1 Å². The zero-order chi connectivity index (χ0) is 23.2. The van der Waals surface area contributed by atoms with Crippen LogP contribution in [0.25, 0.3) is 0 Å². The molecule has 0 spiro atoms. The first kappa shape index (κ1) is 21.3. The molecule has 4 aliphatic rings. The molecule has 2 N–H and O–H groups in total. The van der Waals surface area contributed by atoms with Gasteiger partial charge in [0.1, 0.15) is 11.9 Å². The van der Waals surface area contributed by atoms with Crippen molar-refractivity contribution < 1.29 is 14.4 Å². The summed E-state index contributed by atoms with van der Waals surface area (Å²) in [6.45, 7) is 4.16. The Kier molecular flexibility index (Phi) is 5.32. The van der Waals surface area contributed by atoms with Crippen molar-refractivity contribution in [2.75, 3.05) is 24.5 Å². The molecule has 0 bridgehead atoms. The molecule has 176 valence electrons. The van der Waals surface area contributed by atoms with Crippen molar-refractivity contribution >= 4 is 23.5 Å². The van der Waals surface area contributed by atoms with Crippen molar-refractivity contribution in [3.63, 3.8) is 0 Å². The van der Waals surface area contributed by atoms with Crippen LogP contribution in [-0.4, -0.2) is 53.3 Å². The number of carbonyl (C=O) groups excluding carboxylic acids is 3. The lowest BCUT2D eigenvalue weighted by molar-refractivity contribution is -0.136. The Morgan fingerprint density at radius 2 is 1.94 bits per heavy atom. The minimum atomic E-state index is -0.581. The third-order valence-electron chi connectivity index (χ3n) is 7.59. The monoisotopic (exact) mass is 459 g/mol. The molecule has 4 aliphatic heterocycles. The molecule has 3 amide bonds. The number of rotatable bonds is 4. The van der Waals surface area contributed by atoms with E-state index in [9.17, 15) is 14.4 Å². The number of piperidine rings is 1. The zero-order valence-corrected chi connectivity index (χ0v) is 19.2. The average Bonchev–Trinajstić information content (AvgIpc) is 3.48. The van der Waals surface area contributed by atoms with Gasteiger partial charge in [-0.25, -0.2) is 4.98 Å². The highest BCUT2D eigenvalue weighted by molar-refractivity contribution is 6.05. The summed E-state index contributed by atoms with van der Waals surface area (Å²) < 4.78 is 0. The van der Waals surface area contributed by atoms with E-state index in [1.165, 1.54) is 11.3 Å². The Bertz CT molecular complexity index is 1170. The summed E-state index contributed by atoms with van der Waals surface area (Å²) >= 11 is 0. The lowest BCUT2D eigenvalue weighted by atomic mass is 9.99. The topological polar surface area (TPSA) is 94.6 Å². The van der Waals surface area contributed by atoms with Crippen LogP contribution in [0.3, 0.4) is 0 Å². The van der Waals surface area contributed by atoms with Gasteiger partial charge in [-0.1, -0.05) is 18.2 Å². The summed E-state index contributed by atoms with van der Waals surface area (Å²) in [5.74, 6) is 0.809. The Hall–Kier alpha value is -3.26. The summed E-state index contributed by atoms with van der Waals surface area (Å²) in [6.07, 6.45) is 3.94. The number of carbonyl (C=O) groups is 3. The summed E-state index contributed by atoms with van der Waals surface area (Å²) in [4.78, 5) is 45.9. The fraction of sp³-hybridized carbons (Fsp3) is 0.462. The van der Waals surface area contributed by atoms with Crippen LogP contribution >= 0.6 is 0 Å². The van der Waals surface area contributed by atoms with E-state index in [0.29, 0.717) is 24.4 Å². The van der Waals surface area contributed by atoms with Crippen molar-refractivity contribution in [2.24, 2.45) is 0 Å². The van der Waals surface area contributed by atoms with E-state index in [2.05, 4.69) is 33.7 Å². The Balaban J connectivity index is 1.21. The molecule has 1 aromatic heterocycles. The first-order chi connectivity index (χ1) is 16.6. The van der Waals surface area contributed by atoms with Crippen LogP contribution in [0.2, 0.25) is 0 Å². The van der Waals surface area contributed by atoms with Crippen molar-refractivity contribution in [3.05, 3.63) is 58.3 Å². The highest BCUT2D eigenvalue weighted by Gasteiger charge is 2.39. The number of pyridine rings is 1.